The van der Waals surface area contributed by atoms with Gasteiger partial charge in [0.25, 0.3) is 0 Å². The molecule has 2 atom stereocenters. The first kappa shape index (κ1) is 28.9. The summed E-state index contributed by atoms with van der Waals surface area (Å²) in [4.78, 5) is 14.8. The number of piperazine rings is 1. The monoisotopic (exact) mass is 578 g/mol. The van der Waals surface area contributed by atoms with Gasteiger partial charge in [0.15, 0.2) is 5.41 Å². The van der Waals surface area contributed by atoms with Crippen molar-refractivity contribution in [2.75, 3.05) is 31.1 Å². The molecule has 0 unspecified atom stereocenters. The molecule has 214 valence electrons. The van der Waals surface area contributed by atoms with E-state index >= 15 is 0 Å². The first-order chi connectivity index (χ1) is 17.8. The number of carbonyl (C=O) groups excluding carboxylic acids is 1. The van der Waals surface area contributed by atoms with Gasteiger partial charge in [0.2, 0.25) is 5.91 Å². The fraction of sp³-hybridized carbons (Fsp3) is 0.458. The zero-order valence-electron chi connectivity index (χ0n) is 19.5. The van der Waals surface area contributed by atoms with E-state index in [0.717, 1.165) is 21.9 Å². The normalized spacial score (nSPS) is 22.7. The first-order valence-electron chi connectivity index (χ1n) is 11.3. The zero-order chi connectivity index (χ0) is 29.2. The van der Waals surface area contributed by atoms with E-state index in [1.807, 2.05) is 0 Å². The Morgan fingerprint density at radius 2 is 1.21 bits per heavy atom. The summed E-state index contributed by atoms with van der Waals surface area (Å²) in [6.07, 6.45) is -20.5. The van der Waals surface area contributed by atoms with Gasteiger partial charge in [0, 0.05) is 37.8 Å². The molecule has 0 aromatic heterocycles. The Bertz CT molecular complexity index is 1220. The molecule has 3 nitrogen and oxygen atoms in total. The standard InChI is InChI=1S/C24H18F12N2O/c25-21(26,27)14-3-1-13(2-4-14)17-12-20(17,24(34,35)36)19(39)38-9-7-37(8-10-38)18-11-15(22(28,29)30)5-6-16(18)23(31,32)33/h1-6,11,17H,7-10,12H2/t17-,20-/m0/s1. The SMILES string of the molecule is O=C(N1CCN(c2cc(C(F)(F)F)ccc2C(F)(F)F)CC1)[C@]1(C(F)(F)F)C[C@H]1c1ccc(C(F)(F)F)cc1. The molecule has 0 spiro atoms. The van der Waals surface area contributed by atoms with E-state index in [9.17, 15) is 57.5 Å². The molecule has 1 amide bonds. The number of rotatable bonds is 3. The number of alkyl halides is 12. The minimum atomic E-state index is -5.08. The van der Waals surface area contributed by atoms with Crippen molar-refractivity contribution in [2.45, 2.75) is 37.0 Å². The highest BCUT2D eigenvalue weighted by Crippen LogP contribution is 2.68. The number of nitrogens with zero attached hydrogens (tertiary/aromatic N) is 2. The second-order valence-corrected chi connectivity index (χ2v) is 9.35. The third-order valence-corrected chi connectivity index (χ3v) is 7.03. The summed E-state index contributed by atoms with van der Waals surface area (Å²) in [5.74, 6) is -2.86. The van der Waals surface area contributed by atoms with Crippen LogP contribution in [0.2, 0.25) is 0 Å². The minimum absolute atomic E-state index is 0.133. The molecular weight excluding hydrogens is 560 g/mol. The van der Waals surface area contributed by atoms with E-state index in [1.165, 1.54) is 0 Å². The topological polar surface area (TPSA) is 23.6 Å². The van der Waals surface area contributed by atoms with Crippen LogP contribution in [0.5, 0.6) is 0 Å². The summed E-state index contributed by atoms with van der Waals surface area (Å²) in [7, 11) is 0. The molecule has 1 saturated heterocycles. The van der Waals surface area contributed by atoms with Crippen LogP contribution in [0.25, 0.3) is 0 Å². The first-order valence-corrected chi connectivity index (χ1v) is 11.3. The predicted octanol–water partition coefficient (Wildman–Crippen LogP) is 7.13. The lowest BCUT2D eigenvalue weighted by molar-refractivity contribution is -0.200. The smallest absolute Gasteiger partial charge is 0.367 e. The van der Waals surface area contributed by atoms with Crippen molar-refractivity contribution in [3.05, 3.63) is 64.7 Å². The van der Waals surface area contributed by atoms with Gasteiger partial charge in [-0.1, -0.05) is 12.1 Å². The summed E-state index contributed by atoms with van der Waals surface area (Å²) < 4.78 is 161. The Balaban J connectivity index is 1.55. The minimum Gasteiger partial charge on any atom is -0.367 e. The van der Waals surface area contributed by atoms with Gasteiger partial charge in [0.1, 0.15) is 0 Å². The average molecular weight is 578 g/mol. The van der Waals surface area contributed by atoms with Crippen LogP contribution in [0.15, 0.2) is 42.5 Å². The molecule has 2 aliphatic rings. The molecule has 2 aromatic rings. The van der Waals surface area contributed by atoms with Crippen molar-refractivity contribution in [3.63, 3.8) is 0 Å². The Morgan fingerprint density at radius 1 is 0.692 bits per heavy atom. The van der Waals surface area contributed by atoms with Crippen molar-refractivity contribution in [2.24, 2.45) is 5.41 Å². The van der Waals surface area contributed by atoms with Crippen LogP contribution in [0.4, 0.5) is 58.4 Å². The Morgan fingerprint density at radius 3 is 1.67 bits per heavy atom. The highest BCUT2D eigenvalue weighted by molar-refractivity contribution is 5.89. The highest BCUT2D eigenvalue weighted by Gasteiger charge is 2.76. The maximum atomic E-state index is 14.1. The molecule has 0 bridgehead atoms. The lowest BCUT2D eigenvalue weighted by Gasteiger charge is -2.39. The zero-order valence-corrected chi connectivity index (χ0v) is 19.5. The summed E-state index contributed by atoms with van der Waals surface area (Å²) in [5, 5.41) is 0. The maximum absolute atomic E-state index is 14.1. The van der Waals surface area contributed by atoms with Crippen LogP contribution in [-0.4, -0.2) is 43.2 Å². The van der Waals surface area contributed by atoms with E-state index in [-0.39, 0.29) is 17.7 Å². The molecule has 1 saturated carbocycles. The summed E-state index contributed by atoms with van der Waals surface area (Å²) in [5.41, 5.74) is -7.68. The van der Waals surface area contributed by atoms with Gasteiger partial charge in [-0.25, -0.2) is 0 Å². The molecule has 1 heterocycles. The van der Waals surface area contributed by atoms with Crippen LogP contribution in [0, 0.1) is 5.41 Å². The van der Waals surface area contributed by atoms with Gasteiger partial charge in [-0.15, -0.1) is 0 Å². The van der Waals surface area contributed by atoms with Crippen LogP contribution in [-0.2, 0) is 23.3 Å². The number of carbonyl (C=O) groups is 1. The Kier molecular flexibility index (Phi) is 6.82. The van der Waals surface area contributed by atoms with Crippen molar-refractivity contribution >= 4 is 11.6 Å². The van der Waals surface area contributed by atoms with Crippen molar-refractivity contribution in [1.82, 2.24) is 4.90 Å². The lowest BCUT2D eigenvalue weighted by Crippen LogP contribution is -2.53. The Labute approximate surface area is 213 Å². The van der Waals surface area contributed by atoms with E-state index < -0.39 is 96.9 Å². The fourth-order valence-electron chi connectivity index (χ4n) is 4.88. The molecular formula is C24H18F12N2O. The summed E-state index contributed by atoms with van der Waals surface area (Å²) in [6, 6.07) is 3.77. The maximum Gasteiger partial charge on any atom is 0.418 e. The number of halogens is 12. The van der Waals surface area contributed by atoms with Crippen LogP contribution in [0.3, 0.4) is 0 Å². The molecule has 2 aromatic carbocycles. The number of hydrogen-bond acceptors (Lipinski definition) is 2. The summed E-state index contributed by atoms with van der Waals surface area (Å²) in [6.45, 7) is -1.97. The molecule has 39 heavy (non-hydrogen) atoms. The molecule has 0 N–H and O–H groups in total. The molecule has 2 fully saturated rings. The average Bonchev–Trinajstić information content (AvgIpc) is 3.59. The third-order valence-electron chi connectivity index (χ3n) is 7.03. The van der Waals surface area contributed by atoms with E-state index in [4.69, 9.17) is 0 Å². The number of hydrogen-bond donors (Lipinski definition) is 0. The van der Waals surface area contributed by atoms with Gasteiger partial charge in [0.05, 0.1) is 16.7 Å². The van der Waals surface area contributed by atoms with Gasteiger partial charge < -0.3 is 9.80 Å². The van der Waals surface area contributed by atoms with Gasteiger partial charge >= 0.3 is 24.7 Å². The third kappa shape index (κ3) is 5.36. The van der Waals surface area contributed by atoms with E-state index in [0.29, 0.717) is 18.2 Å². The van der Waals surface area contributed by atoms with Crippen LogP contribution >= 0.6 is 0 Å². The second-order valence-electron chi connectivity index (χ2n) is 9.35. The molecule has 1 aliphatic heterocycles. The van der Waals surface area contributed by atoms with Crippen molar-refractivity contribution in [1.29, 1.82) is 0 Å². The molecule has 1 aliphatic carbocycles. The van der Waals surface area contributed by atoms with Gasteiger partial charge in [-0.2, -0.15) is 52.7 Å². The van der Waals surface area contributed by atoms with Gasteiger partial charge in [-0.05, 0) is 42.3 Å². The number of anilines is 1. The van der Waals surface area contributed by atoms with E-state index in [1.54, 1.807) is 0 Å². The largest absolute Gasteiger partial charge is 0.418 e. The lowest BCUT2D eigenvalue weighted by atomic mass is 9.95. The molecule has 0 radical (unpaired) electrons. The highest BCUT2D eigenvalue weighted by atomic mass is 19.4. The van der Waals surface area contributed by atoms with Crippen LogP contribution < -0.4 is 4.90 Å². The fourth-order valence-corrected chi connectivity index (χ4v) is 4.88. The second kappa shape index (κ2) is 9.22. The number of benzene rings is 2. The van der Waals surface area contributed by atoms with E-state index in [2.05, 4.69) is 0 Å². The van der Waals surface area contributed by atoms with Crippen LogP contribution in [0.1, 0.15) is 34.6 Å². The molecule has 4 rings (SSSR count). The number of amides is 1. The van der Waals surface area contributed by atoms with Gasteiger partial charge in [-0.3, -0.25) is 4.79 Å². The Hall–Kier alpha value is -3.13. The quantitative estimate of drug-likeness (QED) is 0.362. The van der Waals surface area contributed by atoms with Crippen molar-refractivity contribution in [3.8, 4) is 0 Å². The van der Waals surface area contributed by atoms with Crippen molar-refractivity contribution < 1.29 is 57.5 Å². The predicted molar refractivity (Wildman–Crippen MR) is 113 cm³/mol. The summed E-state index contributed by atoms with van der Waals surface area (Å²) >= 11 is 0. The molecule has 15 heteroatoms.